The van der Waals surface area contributed by atoms with E-state index in [2.05, 4.69) is 42.9 Å². The Morgan fingerprint density at radius 3 is 2.89 bits per heavy atom. The summed E-state index contributed by atoms with van der Waals surface area (Å²) in [6.45, 7) is 6.20. The molecule has 1 aromatic heterocycles. The monoisotopic (exact) mass is 261 g/mol. The molecule has 1 heterocycles. The second-order valence-corrected chi connectivity index (χ2v) is 5.68. The maximum atomic E-state index is 5.66. The van der Waals surface area contributed by atoms with E-state index >= 15 is 0 Å². The fourth-order valence-electron chi connectivity index (χ4n) is 2.20. The van der Waals surface area contributed by atoms with Gasteiger partial charge in [-0.15, -0.1) is 0 Å². The molecule has 0 amide bonds. The highest BCUT2D eigenvalue weighted by atomic mass is 16.3. The van der Waals surface area contributed by atoms with Crippen molar-refractivity contribution in [2.24, 2.45) is 5.73 Å². The van der Waals surface area contributed by atoms with Crippen molar-refractivity contribution in [2.75, 3.05) is 20.1 Å². The van der Waals surface area contributed by atoms with Crippen LogP contribution in [0.5, 0.6) is 0 Å². The lowest BCUT2D eigenvalue weighted by atomic mass is 9.98. The minimum absolute atomic E-state index is 0.144. The third kappa shape index (κ3) is 3.33. The van der Waals surface area contributed by atoms with Gasteiger partial charge in [0.15, 0.2) is 12.0 Å². The zero-order valence-corrected chi connectivity index (χ0v) is 12.0. The van der Waals surface area contributed by atoms with Crippen molar-refractivity contribution in [3.8, 4) is 0 Å². The second kappa shape index (κ2) is 5.72. The van der Waals surface area contributed by atoms with Gasteiger partial charge in [-0.2, -0.15) is 0 Å². The van der Waals surface area contributed by atoms with Gasteiger partial charge in [-0.25, -0.2) is 4.98 Å². The highest BCUT2D eigenvalue weighted by molar-refractivity contribution is 5.72. The summed E-state index contributed by atoms with van der Waals surface area (Å²) in [4.78, 5) is 6.49. The molecule has 104 valence electrons. The molecule has 2 rings (SSSR count). The lowest BCUT2D eigenvalue weighted by molar-refractivity contribution is 0.150. The molecule has 1 aromatic carbocycles. The van der Waals surface area contributed by atoms with E-state index < -0.39 is 0 Å². The van der Waals surface area contributed by atoms with Gasteiger partial charge in [0, 0.05) is 12.1 Å². The Hall–Kier alpha value is -1.39. The topological polar surface area (TPSA) is 55.3 Å². The van der Waals surface area contributed by atoms with Crippen molar-refractivity contribution in [1.29, 1.82) is 0 Å². The van der Waals surface area contributed by atoms with E-state index in [1.165, 1.54) is 12.0 Å². The highest BCUT2D eigenvalue weighted by Gasteiger charge is 2.21. The smallest absolute Gasteiger partial charge is 0.181 e. The molecule has 0 radical (unpaired) electrons. The summed E-state index contributed by atoms with van der Waals surface area (Å²) < 4.78 is 5.33. The molecule has 0 aliphatic rings. The number of nitrogens with zero attached hydrogens (tertiary/aromatic N) is 2. The molecule has 0 bridgehead atoms. The highest BCUT2D eigenvalue weighted by Crippen LogP contribution is 2.18. The van der Waals surface area contributed by atoms with E-state index in [0.717, 1.165) is 37.0 Å². The predicted octanol–water partition coefficient (Wildman–Crippen LogP) is 2.43. The number of hydrogen-bond acceptors (Lipinski definition) is 4. The fraction of sp³-hybridized carbons (Fsp3) is 0.533. The van der Waals surface area contributed by atoms with Gasteiger partial charge in [-0.3, -0.25) is 0 Å². The lowest BCUT2D eigenvalue weighted by Crippen LogP contribution is -2.43. The van der Waals surface area contributed by atoms with E-state index in [1.54, 1.807) is 0 Å². The average molecular weight is 261 g/mol. The molecule has 0 fully saturated rings. The van der Waals surface area contributed by atoms with Crippen LogP contribution in [0.4, 0.5) is 0 Å². The van der Waals surface area contributed by atoms with Gasteiger partial charge in [0.2, 0.25) is 0 Å². The Morgan fingerprint density at radius 2 is 2.16 bits per heavy atom. The first-order valence-electron chi connectivity index (χ1n) is 6.76. The second-order valence-electron chi connectivity index (χ2n) is 5.68. The van der Waals surface area contributed by atoms with E-state index in [9.17, 15) is 0 Å². The van der Waals surface area contributed by atoms with Crippen LogP contribution in [-0.2, 0) is 6.42 Å². The molecule has 0 spiro atoms. The molecule has 0 aliphatic heterocycles. The predicted molar refractivity (Wildman–Crippen MR) is 78.1 cm³/mol. The Morgan fingerprint density at radius 1 is 1.37 bits per heavy atom. The molecule has 0 saturated heterocycles. The maximum absolute atomic E-state index is 5.66. The van der Waals surface area contributed by atoms with Gasteiger partial charge in [0.05, 0.1) is 0 Å². The summed E-state index contributed by atoms with van der Waals surface area (Å²) in [6.07, 6.45) is 3.50. The number of nitrogens with two attached hydrogens (primary N) is 1. The minimum Gasteiger partial charge on any atom is -0.443 e. The van der Waals surface area contributed by atoms with E-state index in [0.29, 0.717) is 0 Å². The lowest BCUT2D eigenvalue weighted by Gasteiger charge is -2.35. The number of likely N-dealkylation sites (N-methyl/N-ethyl adjacent to an activating group) is 1. The van der Waals surface area contributed by atoms with Crippen molar-refractivity contribution in [3.05, 3.63) is 30.2 Å². The largest absolute Gasteiger partial charge is 0.443 e. The van der Waals surface area contributed by atoms with E-state index in [-0.39, 0.29) is 5.54 Å². The van der Waals surface area contributed by atoms with Crippen LogP contribution in [0.2, 0.25) is 0 Å². The van der Waals surface area contributed by atoms with Crippen molar-refractivity contribution >= 4 is 11.1 Å². The van der Waals surface area contributed by atoms with Gasteiger partial charge >= 0.3 is 0 Å². The van der Waals surface area contributed by atoms with Crippen LogP contribution in [0.1, 0.15) is 25.8 Å². The van der Waals surface area contributed by atoms with Crippen LogP contribution in [0.15, 0.2) is 29.0 Å². The third-order valence-electron chi connectivity index (χ3n) is 3.92. The molecular formula is C15H23N3O. The molecule has 0 saturated carbocycles. The summed E-state index contributed by atoms with van der Waals surface area (Å²) in [6, 6.07) is 6.21. The number of hydrogen-bond donors (Lipinski definition) is 1. The first-order chi connectivity index (χ1) is 9.03. The first-order valence-corrected chi connectivity index (χ1v) is 6.76. The zero-order chi connectivity index (χ0) is 13.9. The molecule has 4 heteroatoms. The quantitative estimate of drug-likeness (QED) is 0.867. The van der Waals surface area contributed by atoms with E-state index in [4.69, 9.17) is 10.2 Å². The standard InChI is InChI=1S/C15H23N3O/c1-15(2,7-8-16)18(3)9-6-12-4-5-13-14(10-12)19-11-17-13/h4-5,10-11H,6-9,16H2,1-3H3. The van der Waals surface area contributed by atoms with Crippen LogP contribution >= 0.6 is 0 Å². The SMILES string of the molecule is CN(CCc1ccc2ncoc2c1)C(C)(C)CCN. The maximum Gasteiger partial charge on any atom is 0.181 e. The Balaban J connectivity index is 1.97. The van der Waals surface area contributed by atoms with Crippen molar-refractivity contribution < 1.29 is 4.42 Å². The van der Waals surface area contributed by atoms with Crippen LogP contribution in [-0.4, -0.2) is 35.6 Å². The first kappa shape index (κ1) is 14.0. The number of aromatic nitrogens is 1. The molecule has 19 heavy (non-hydrogen) atoms. The summed E-state index contributed by atoms with van der Waals surface area (Å²) in [7, 11) is 2.16. The number of fused-ring (bicyclic) bond motifs is 1. The minimum atomic E-state index is 0.144. The Bertz CT molecular complexity index is 533. The van der Waals surface area contributed by atoms with Crippen LogP contribution < -0.4 is 5.73 Å². The average Bonchev–Trinajstić information content (AvgIpc) is 2.83. The van der Waals surface area contributed by atoms with Crippen LogP contribution in [0, 0.1) is 0 Å². The fourth-order valence-corrected chi connectivity index (χ4v) is 2.20. The summed E-state index contributed by atoms with van der Waals surface area (Å²) >= 11 is 0. The molecule has 0 unspecified atom stereocenters. The van der Waals surface area contributed by atoms with Crippen molar-refractivity contribution in [3.63, 3.8) is 0 Å². The number of rotatable bonds is 6. The van der Waals surface area contributed by atoms with Gasteiger partial charge in [-0.05, 0) is 58.0 Å². The zero-order valence-electron chi connectivity index (χ0n) is 12.0. The Kier molecular flexibility index (Phi) is 4.22. The van der Waals surface area contributed by atoms with Gasteiger partial charge in [0.25, 0.3) is 0 Å². The Labute approximate surface area is 114 Å². The number of oxazole rings is 1. The molecule has 2 aromatic rings. The van der Waals surface area contributed by atoms with Gasteiger partial charge in [0.1, 0.15) is 5.52 Å². The van der Waals surface area contributed by atoms with Crippen LogP contribution in [0.3, 0.4) is 0 Å². The van der Waals surface area contributed by atoms with Gasteiger partial charge in [-0.1, -0.05) is 6.07 Å². The molecule has 0 atom stereocenters. The molecule has 4 nitrogen and oxygen atoms in total. The van der Waals surface area contributed by atoms with Crippen molar-refractivity contribution in [2.45, 2.75) is 32.2 Å². The van der Waals surface area contributed by atoms with E-state index in [1.807, 2.05) is 6.07 Å². The molecule has 0 aliphatic carbocycles. The summed E-state index contributed by atoms with van der Waals surface area (Å²) in [5, 5.41) is 0. The van der Waals surface area contributed by atoms with Crippen LogP contribution in [0.25, 0.3) is 11.1 Å². The summed E-state index contributed by atoms with van der Waals surface area (Å²) in [5.41, 5.74) is 8.87. The van der Waals surface area contributed by atoms with Gasteiger partial charge < -0.3 is 15.1 Å². The number of benzene rings is 1. The molecular weight excluding hydrogens is 238 g/mol. The summed E-state index contributed by atoms with van der Waals surface area (Å²) in [5.74, 6) is 0. The normalized spacial score (nSPS) is 12.5. The third-order valence-corrected chi connectivity index (χ3v) is 3.92. The van der Waals surface area contributed by atoms with Crippen molar-refractivity contribution in [1.82, 2.24) is 9.88 Å². The molecule has 2 N–H and O–H groups in total.